The molecule has 0 saturated carbocycles. The van der Waals surface area contributed by atoms with Gasteiger partial charge in [0.05, 0.1) is 0 Å². The lowest BCUT2D eigenvalue weighted by atomic mass is 9.96. The van der Waals surface area contributed by atoms with Gasteiger partial charge in [0.1, 0.15) is 11.4 Å². The van der Waals surface area contributed by atoms with Crippen molar-refractivity contribution in [2.75, 3.05) is 6.54 Å². The van der Waals surface area contributed by atoms with Crippen LogP contribution in [0, 0.1) is 6.92 Å². The second-order valence-electron chi connectivity index (χ2n) is 7.27. The van der Waals surface area contributed by atoms with E-state index in [1.807, 2.05) is 45.9 Å². The molecule has 0 aliphatic heterocycles. The van der Waals surface area contributed by atoms with Crippen LogP contribution in [-0.2, 0) is 9.53 Å². The number of ether oxygens (including phenoxy) is 2. The van der Waals surface area contributed by atoms with Crippen molar-refractivity contribution in [1.82, 2.24) is 0 Å². The summed E-state index contributed by atoms with van der Waals surface area (Å²) in [4.78, 5) is 12.2. The second-order valence-corrected chi connectivity index (χ2v) is 7.27. The van der Waals surface area contributed by atoms with Crippen LogP contribution in [0.2, 0.25) is 0 Å². The SMILES string of the molecule is Cc1cc(OC(C)(C)C(=O)OC(C)(C)C)ccc1C(C)CN. The number of aryl methyl sites for hydroxylation is 1. The molecule has 0 amide bonds. The number of carbonyl (C=O) groups excluding carboxylic acids is 1. The van der Waals surface area contributed by atoms with Gasteiger partial charge >= 0.3 is 5.97 Å². The van der Waals surface area contributed by atoms with E-state index in [4.69, 9.17) is 15.2 Å². The minimum Gasteiger partial charge on any atom is -0.476 e. The number of hydrogen-bond acceptors (Lipinski definition) is 4. The lowest BCUT2D eigenvalue weighted by molar-refractivity contribution is -0.170. The molecule has 22 heavy (non-hydrogen) atoms. The van der Waals surface area contributed by atoms with Gasteiger partial charge in [-0.25, -0.2) is 4.79 Å². The third-order valence-electron chi connectivity index (χ3n) is 3.39. The van der Waals surface area contributed by atoms with Crippen LogP contribution in [0.4, 0.5) is 0 Å². The molecule has 1 atom stereocenters. The molecule has 4 heteroatoms. The Morgan fingerprint density at radius 2 is 1.82 bits per heavy atom. The second kappa shape index (κ2) is 6.69. The Morgan fingerprint density at radius 3 is 2.27 bits per heavy atom. The quantitative estimate of drug-likeness (QED) is 0.845. The standard InChI is InChI=1S/C18H29NO3/c1-12-10-14(8-9-15(12)13(2)11-19)21-18(6,7)16(20)22-17(3,4)5/h8-10,13H,11,19H2,1-7H3. The first kappa shape index (κ1) is 18.5. The van der Waals surface area contributed by atoms with Gasteiger partial charge in [-0.15, -0.1) is 0 Å². The molecular weight excluding hydrogens is 278 g/mol. The molecular formula is C18H29NO3. The zero-order valence-electron chi connectivity index (χ0n) is 14.8. The summed E-state index contributed by atoms with van der Waals surface area (Å²) < 4.78 is 11.3. The Morgan fingerprint density at radius 1 is 1.23 bits per heavy atom. The maximum absolute atomic E-state index is 12.2. The van der Waals surface area contributed by atoms with E-state index in [0.717, 1.165) is 5.56 Å². The summed E-state index contributed by atoms with van der Waals surface area (Å²) in [7, 11) is 0. The van der Waals surface area contributed by atoms with E-state index in [-0.39, 0.29) is 5.97 Å². The van der Waals surface area contributed by atoms with Gasteiger partial charge in [0, 0.05) is 0 Å². The molecule has 124 valence electrons. The first-order valence-corrected chi connectivity index (χ1v) is 7.69. The van der Waals surface area contributed by atoms with E-state index in [1.165, 1.54) is 5.56 Å². The van der Waals surface area contributed by atoms with Crippen LogP contribution < -0.4 is 10.5 Å². The van der Waals surface area contributed by atoms with Gasteiger partial charge in [-0.1, -0.05) is 13.0 Å². The summed E-state index contributed by atoms with van der Waals surface area (Å²) in [5.41, 5.74) is 6.45. The van der Waals surface area contributed by atoms with Crippen LogP contribution in [0.1, 0.15) is 58.6 Å². The zero-order chi connectivity index (χ0) is 17.1. The number of carbonyl (C=O) groups is 1. The molecule has 0 spiro atoms. The third kappa shape index (κ3) is 5.02. The molecule has 0 aliphatic rings. The first-order valence-electron chi connectivity index (χ1n) is 7.69. The van der Waals surface area contributed by atoms with Gasteiger partial charge in [0.25, 0.3) is 0 Å². The number of benzene rings is 1. The molecule has 0 saturated heterocycles. The average molecular weight is 307 g/mol. The highest BCUT2D eigenvalue weighted by atomic mass is 16.6. The van der Waals surface area contributed by atoms with Crippen LogP contribution in [0.5, 0.6) is 5.75 Å². The zero-order valence-corrected chi connectivity index (χ0v) is 14.8. The average Bonchev–Trinajstić information content (AvgIpc) is 2.35. The van der Waals surface area contributed by atoms with Crippen LogP contribution in [0.15, 0.2) is 18.2 Å². The van der Waals surface area contributed by atoms with Gasteiger partial charge in [-0.2, -0.15) is 0 Å². The molecule has 0 fully saturated rings. The van der Waals surface area contributed by atoms with E-state index >= 15 is 0 Å². The molecule has 0 aliphatic carbocycles. The minimum absolute atomic E-state index is 0.299. The first-order chi connectivity index (χ1) is 9.96. The van der Waals surface area contributed by atoms with Crippen molar-refractivity contribution in [2.45, 2.75) is 65.6 Å². The van der Waals surface area contributed by atoms with E-state index in [2.05, 4.69) is 6.92 Å². The van der Waals surface area contributed by atoms with Crippen LogP contribution in [0.3, 0.4) is 0 Å². The molecule has 1 aromatic rings. The normalized spacial score (nSPS) is 13.6. The van der Waals surface area contributed by atoms with Crippen molar-refractivity contribution in [2.24, 2.45) is 5.73 Å². The van der Waals surface area contributed by atoms with Gasteiger partial charge in [0.2, 0.25) is 0 Å². The Balaban J connectivity index is 2.90. The topological polar surface area (TPSA) is 61.5 Å². The van der Waals surface area contributed by atoms with Crippen molar-refractivity contribution in [1.29, 1.82) is 0 Å². The maximum Gasteiger partial charge on any atom is 0.350 e. The summed E-state index contributed by atoms with van der Waals surface area (Å²) in [6, 6.07) is 5.82. The Bertz CT molecular complexity index is 530. The monoisotopic (exact) mass is 307 g/mol. The number of nitrogens with two attached hydrogens (primary N) is 1. The highest BCUT2D eigenvalue weighted by Crippen LogP contribution is 2.27. The van der Waals surface area contributed by atoms with Crippen molar-refractivity contribution < 1.29 is 14.3 Å². The molecule has 1 aromatic carbocycles. The smallest absolute Gasteiger partial charge is 0.350 e. The minimum atomic E-state index is -1.04. The summed E-state index contributed by atoms with van der Waals surface area (Å²) in [5.74, 6) is 0.575. The van der Waals surface area contributed by atoms with E-state index in [9.17, 15) is 4.79 Å². The predicted octanol–water partition coefficient (Wildman–Crippen LogP) is 3.56. The molecule has 0 radical (unpaired) electrons. The van der Waals surface area contributed by atoms with E-state index < -0.39 is 11.2 Å². The molecule has 1 unspecified atom stereocenters. The number of esters is 1. The largest absolute Gasteiger partial charge is 0.476 e. The summed E-state index contributed by atoms with van der Waals surface area (Å²) in [6.45, 7) is 13.7. The van der Waals surface area contributed by atoms with Gasteiger partial charge < -0.3 is 15.2 Å². The molecule has 2 N–H and O–H groups in total. The third-order valence-corrected chi connectivity index (χ3v) is 3.39. The maximum atomic E-state index is 12.2. The van der Waals surface area contributed by atoms with E-state index in [0.29, 0.717) is 18.2 Å². The fourth-order valence-electron chi connectivity index (χ4n) is 2.13. The fourth-order valence-corrected chi connectivity index (χ4v) is 2.13. The Hall–Kier alpha value is -1.55. The fraction of sp³-hybridized carbons (Fsp3) is 0.611. The predicted molar refractivity (Wildman–Crippen MR) is 89.2 cm³/mol. The van der Waals surface area contributed by atoms with Crippen LogP contribution >= 0.6 is 0 Å². The van der Waals surface area contributed by atoms with Gasteiger partial charge in [-0.05, 0) is 77.3 Å². The van der Waals surface area contributed by atoms with Crippen molar-refractivity contribution in [3.63, 3.8) is 0 Å². The Labute approximate surface area is 134 Å². The lowest BCUT2D eigenvalue weighted by Gasteiger charge is -2.29. The Kier molecular flexibility index (Phi) is 5.63. The summed E-state index contributed by atoms with van der Waals surface area (Å²) in [6.07, 6.45) is 0. The number of rotatable bonds is 5. The highest BCUT2D eigenvalue weighted by Gasteiger charge is 2.34. The lowest BCUT2D eigenvalue weighted by Crippen LogP contribution is -2.43. The van der Waals surface area contributed by atoms with Crippen LogP contribution in [-0.4, -0.2) is 23.7 Å². The van der Waals surface area contributed by atoms with Crippen molar-refractivity contribution >= 4 is 5.97 Å². The van der Waals surface area contributed by atoms with Gasteiger partial charge in [0.15, 0.2) is 5.60 Å². The summed E-state index contributed by atoms with van der Waals surface area (Å²) >= 11 is 0. The molecule has 1 rings (SSSR count). The molecule has 4 nitrogen and oxygen atoms in total. The molecule has 0 heterocycles. The van der Waals surface area contributed by atoms with E-state index in [1.54, 1.807) is 13.8 Å². The molecule has 0 aromatic heterocycles. The highest BCUT2D eigenvalue weighted by molar-refractivity contribution is 5.79. The van der Waals surface area contributed by atoms with Crippen molar-refractivity contribution in [3.8, 4) is 5.75 Å². The molecule has 0 bridgehead atoms. The van der Waals surface area contributed by atoms with Gasteiger partial charge in [-0.3, -0.25) is 0 Å². The van der Waals surface area contributed by atoms with Crippen molar-refractivity contribution in [3.05, 3.63) is 29.3 Å². The summed E-state index contributed by atoms with van der Waals surface area (Å²) in [5, 5.41) is 0. The van der Waals surface area contributed by atoms with Crippen LogP contribution in [0.25, 0.3) is 0 Å². The number of hydrogen-bond donors (Lipinski definition) is 1.